The van der Waals surface area contributed by atoms with Crippen molar-refractivity contribution in [1.82, 2.24) is 0 Å². The van der Waals surface area contributed by atoms with Gasteiger partial charge in [-0.15, -0.1) is 0 Å². The van der Waals surface area contributed by atoms with E-state index in [4.69, 9.17) is 19.9 Å². The number of benzene rings is 1. The summed E-state index contributed by atoms with van der Waals surface area (Å²) in [5, 5.41) is 0. The fourth-order valence-electron chi connectivity index (χ4n) is 2.29. The molecule has 1 aliphatic rings. The van der Waals surface area contributed by atoms with Gasteiger partial charge in [0.05, 0.1) is 25.9 Å². The van der Waals surface area contributed by atoms with E-state index in [0.29, 0.717) is 6.61 Å². The lowest BCUT2D eigenvalue weighted by Gasteiger charge is -2.27. The molecule has 1 saturated heterocycles. The number of ether oxygens (including phenoxy) is 3. The van der Waals surface area contributed by atoms with E-state index in [0.717, 1.165) is 30.8 Å². The summed E-state index contributed by atoms with van der Waals surface area (Å²) in [6.45, 7) is 3.51. The maximum atomic E-state index is 6.21. The zero-order chi connectivity index (χ0) is 13.7. The van der Waals surface area contributed by atoms with Crippen molar-refractivity contribution in [1.29, 1.82) is 0 Å². The SMILES string of the molecule is CCC(N)C(OC1CCOC1)c1cccc(OC)c1. The summed E-state index contributed by atoms with van der Waals surface area (Å²) >= 11 is 0. The first-order chi connectivity index (χ1) is 9.24. The van der Waals surface area contributed by atoms with Crippen molar-refractivity contribution in [2.45, 2.75) is 38.0 Å². The van der Waals surface area contributed by atoms with Gasteiger partial charge in [-0.3, -0.25) is 0 Å². The lowest BCUT2D eigenvalue weighted by atomic mass is 10.00. The Morgan fingerprint density at radius 1 is 1.47 bits per heavy atom. The molecule has 2 rings (SSSR count). The normalized spacial score (nSPS) is 22.2. The van der Waals surface area contributed by atoms with Gasteiger partial charge in [-0.05, 0) is 30.5 Å². The fourth-order valence-corrected chi connectivity index (χ4v) is 2.29. The van der Waals surface area contributed by atoms with Crippen LogP contribution in [0.1, 0.15) is 31.4 Å². The first kappa shape index (κ1) is 14.3. The van der Waals surface area contributed by atoms with Crippen molar-refractivity contribution in [3.05, 3.63) is 29.8 Å². The zero-order valence-electron chi connectivity index (χ0n) is 11.7. The van der Waals surface area contributed by atoms with Crippen molar-refractivity contribution < 1.29 is 14.2 Å². The highest BCUT2D eigenvalue weighted by Crippen LogP contribution is 2.28. The van der Waals surface area contributed by atoms with Gasteiger partial charge in [0.2, 0.25) is 0 Å². The van der Waals surface area contributed by atoms with E-state index in [1.54, 1.807) is 7.11 Å². The highest BCUT2D eigenvalue weighted by atomic mass is 16.6. The third kappa shape index (κ3) is 3.69. The number of nitrogens with two attached hydrogens (primary N) is 1. The first-order valence-electron chi connectivity index (χ1n) is 6.87. The molecule has 3 unspecified atom stereocenters. The molecule has 0 saturated carbocycles. The third-order valence-corrected chi connectivity index (χ3v) is 3.51. The van der Waals surface area contributed by atoms with Crippen LogP contribution in [0, 0.1) is 0 Å². The van der Waals surface area contributed by atoms with E-state index in [1.807, 2.05) is 24.3 Å². The van der Waals surface area contributed by atoms with Crippen molar-refractivity contribution in [2.24, 2.45) is 5.73 Å². The van der Waals surface area contributed by atoms with Gasteiger partial charge >= 0.3 is 0 Å². The minimum atomic E-state index is -0.105. The van der Waals surface area contributed by atoms with Crippen LogP contribution in [-0.4, -0.2) is 32.5 Å². The van der Waals surface area contributed by atoms with Crippen LogP contribution < -0.4 is 10.5 Å². The Morgan fingerprint density at radius 3 is 2.95 bits per heavy atom. The average molecular weight is 265 g/mol. The molecule has 0 bridgehead atoms. The van der Waals surface area contributed by atoms with Crippen molar-refractivity contribution in [3.63, 3.8) is 0 Å². The van der Waals surface area contributed by atoms with E-state index in [2.05, 4.69) is 6.92 Å². The predicted molar refractivity (Wildman–Crippen MR) is 74.3 cm³/mol. The molecular formula is C15H23NO3. The summed E-state index contributed by atoms with van der Waals surface area (Å²) in [6, 6.07) is 7.91. The molecule has 1 aromatic rings. The Hall–Kier alpha value is -1.10. The Morgan fingerprint density at radius 2 is 2.32 bits per heavy atom. The Kier molecular flexibility index (Phi) is 5.19. The minimum Gasteiger partial charge on any atom is -0.497 e. The van der Waals surface area contributed by atoms with E-state index in [-0.39, 0.29) is 18.2 Å². The quantitative estimate of drug-likeness (QED) is 0.857. The fraction of sp³-hybridized carbons (Fsp3) is 0.600. The second-order valence-electron chi connectivity index (χ2n) is 4.89. The summed E-state index contributed by atoms with van der Waals surface area (Å²) < 4.78 is 16.8. The van der Waals surface area contributed by atoms with Gasteiger partial charge in [-0.25, -0.2) is 0 Å². The van der Waals surface area contributed by atoms with Gasteiger partial charge in [-0.1, -0.05) is 19.1 Å². The van der Waals surface area contributed by atoms with Crippen molar-refractivity contribution in [3.8, 4) is 5.75 Å². The van der Waals surface area contributed by atoms with Gasteiger partial charge in [0.25, 0.3) is 0 Å². The molecule has 19 heavy (non-hydrogen) atoms. The van der Waals surface area contributed by atoms with E-state index in [1.165, 1.54) is 0 Å². The van der Waals surface area contributed by atoms with Crippen molar-refractivity contribution >= 4 is 0 Å². The molecule has 1 aliphatic heterocycles. The molecule has 1 heterocycles. The highest BCUT2D eigenvalue weighted by Gasteiger charge is 2.26. The molecule has 2 N–H and O–H groups in total. The lowest BCUT2D eigenvalue weighted by Crippen LogP contribution is -2.32. The number of hydrogen-bond donors (Lipinski definition) is 1. The van der Waals surface area contributed by atoms with Gasteiger partial charge in [0, 0.05) is 12.6 Å². The number of hydrogen-bond acceptors (Lipinski definition) is 4. The maximum Gasteiger partial charge on any atom is 0.119 e. The second-order valence-corrected chi connectivity index (χ2v) is 4.89. The van der Waals surface area contributed by atoms with Crippen LogP contribution in [0.2, 0.25) is 0 Å². The smallest absolute Gasteiger partial charge is 0.119 e. The van der Waals surface area contributed by atoms with Gasteiger partial charge in [0.1, 0.15) is 5.75 Å². The van der Waals surface area contributed by atoms with Crippen molar-refractivity contribution in [2.75, 3.05) is 20.3 Å². The van der Waals surface area contributed by atoms with Gasteiger partial charge in [-0.2, -0.15) is 0 Å². The standard InChI is InChI=1S/C15H23NO3/c1-3-14(16)15(19-13-7-8-18-10-13)11-5-4-6-12(9-11)17-2/h4-6,9,13-15H,3,7-8,10,16H2,1-2H3. The largest absolute Gasteiger partial charge is 0.497 e. The van der Waals surface area contributed by atoms with Crippen LogP contribution in [0.5, 0.6) is 5.75 Å². The van der Waals surface area contributed by atoms with Crippen LogP contribution in [0.4, 0.5) is 0 Å². The number of rotatable bonds is 6. The van der Waals surface area contributed by atoms with E-state index >= 15 is 0 Å². The molecule has 0 aromatic heterocycles. The molecular weight excluding hydrogens is 242 g/mol. The Bertz CT molecular complexity index is 391. The molecule has 4 nitrogen and oxygen atoms in total. The molecule has 1 fully saturated rings. The molecule has 106 valence electrons. The second kappa shape index (κ2) is 6.89. The molecule has 3 atom stereocenters. The van der Waals surface area contributed by atoms with Crippen LogP contribution in [0.3, 0.4) is 0 Å². The Labute approximate surface area is 114 Å². The number of methoxy groups -OCH3 is 1. The minimum absolute atomic E-state index is 0.0206. The van der Waals surface area contributed by atoms with Gasteiger partial charge < -0.3 is 19.9 Å². The summed E-state index contributed by atoms with van der Waals surface area (Å²) in [7, 11) is 1.67. The topological polar surface area (TPSA) is 53.7 Å². The molecule has 0 aliphatic carbocycles. The van der Waals surface area contributed by atoms with Crippen LogP contribution in [0.15, 0.2) is 24.3 Å². The first-order valence-corrected chi connectivity index (χ1v) is 6.87. The maximum absolute atomic E-state index is 6.21. The highest BCUT2D eigenvalue weighted by molar-refractivity contribution is 5.30. The lowest BCUT2D eigenvalue weighted by molar-refractivity contribution is -0.0302. The molecule has 0 spiro atoms. The Balaban J connectivity index is 2.15. The predicted octanol–water partition coefficient (Wildman–Crippen LogP) is 2.28. The molecule has 4 heteroatoms. The summed E-state index contributed by atoms with van der Waals surface area (Å²) in [5.41, 5.74) is 7.28. The van der Waals surface area contributed by atoms with Crippen LogP contribution in [0.25, 0.3) is 0 Å². The molecule has 0 radical (unpaired) electrons. The monoisotopic (exact) mass is 265 g/mol. The average Bonchev–Trinajstić information content (AvgIpc) is 2.97. The van der Waals surface area contributed by atoms with E-state index in [9.17, 15) is 0 Å². The molecule has 1 aromatic carbocycles. The molecule has 0 amide bonds. The summed E-state index contributed by atoms with van der Waals surface area (Å²) in [4.78, 5) is 0. The summed E-state index contributed by atoms with van der Waals surface area (Å²) in [6.07, 6.45) is 1.85. The van der Waals surface area contributed by atoms with Gasteiger partial charge in [0.15, 0.2) is 0 Å². The van der Waals surface area contributed by atoms with Crippen LogP contribution >= 0.6 is 0 Å². The van der Waals surface area contributed by atoms with Crippen LogP contribution in [-0.2, 0) is 9.47 Å². The third-order valence-electron chi connectivity index (χ3n) is 3.51. The van der Waals surface area contributed by atoms with E-state index < -0.39 is 0 Å². The summed E-state index contributed by atoms with van der Waals surface area (Å²) in [5.74, 6) is 0.831. The zero-order valence-corrected chi connectivity index (χ0v) is 11.7.